The highest BCUT2D eigenvalue weighted by molar-refractivity contribution is 5.66. The van der Waals surface area contributed by atoms with Crippen LogP contribution in [0.4, 0.5) is 0 Å². The minimum Gasteiger partial charge on any atom is -0.497 e. The van der Waals surface area contributed by atoms with Crippen molar-refractivity contribution >= 4 is 5.52 Å². The number of methoxy groups -OCH3 is 2. The number of nitrogens with zero attached hydrogens (tertiary/aromatic N) is 3. The molecule has 8 nitrogen and oxygen atoms in total. The Labute approximate surface area is 185 Å². The second-order valence-corrected chi connectivity index (χ2v) is 7.20. The van der Waals surface area contributed by atoms with E-state index in [1.54, 1.807) is 48.3 Å². The van der Waals surface area contributed by atoms with Crippen molar-refractivity contribution < 1.29 is 19.3 Å². The summed E-state index contributed by atoms with van der Waals surface area (Å²) >= 11 is 0. The van der Waals surface area contributed by atoms with E-state index in [0.717, 1.165) is 11.3 Å². The Balaban J connectivity index is 1.64. The van der Waals surface area contributed by atoms with Crippen LogP contribution in [0.3, 0.4) is 0 Å². The Hall–Kier alpha value is -3.78. The number of aliphatic hydroxyl groups is 1. The average Bonchev–Trinajstić information content (AvgIpc) is 3.26. The number of rotatable bonds is 8. The number of hydrogen-bond acceptors (Lipinski definition) is 6. The molecule has 8 heteroatoms. The first-order chi connectivity index (χ1) is 15.5. The molecule has 2 aromatic heterocycles. The molecule has 1 N–H and O–H groups in total. The molecule has 0 radical (unpaired) electrons. The van der Waals surface area contributed by atoms with Gasteiger partial charge < -0.3 is 23.9 Å². The molecule has 0 saturated heterocycles. The molecule has 1 atom stereocenters. The van der Waals surface area contributed by atoms with Crippen molar-refractivity contribution in [2.45, 2.75) is 19.6 Å². The molecule has 4 aromatic rings. The first-order valence-electron chi connectivity index (χ1n) is 10.3. The number of fused-ring (bicyclic) bond motifs is 1. The summed E-state index contributed by atoms with van der Waals surface area (Å²) in [5.74, 6) is 1.90. The van der Waals surface area contributed by atoms with Gasteiger partial charge in [-0.05, 0) is 55.5 Å². The number of benzene rings is 2. The topological polar surface area (TPSA) is 87.2 Å². The lowest BCUT2D eigenvalue weighted by molar-refractivity contribution is 0.151. The van der Waals surface area contributed by atoms with Crippen molar-refractivity contribution in [3.05, 3.63) is 76.8 Å². The average molecular weight is 435 g/mol. The van der Waals surface area contributed by atoms with Crippen LogP contribution in [0.25, 0.3) is 16.8 Å². The van der Waals surface area contributed by atoms with Crippen molar-refractivity contribution in [1.82, 2.24) is 14.2 Å². The van der Waals surface area contributed by atoms with Gasteiger partial charge in [-0.15, -0.1) is 0 Å². The maximum Gasteiger partial charge on any atom is 0.276 e. The Morgan fingerprint density at radius 2 is 1.75 bits per heavy atom. The molecule has 0 aliphatic heterocycles. The third kappa shape index (κ3) is 4.17. The van der Waals surface area contributed by atoms with Crippen LogP contribution >= 0.6 is 0 Å². The van der Waals surface area contributed by atoms with Crippen molar-refractivity contribution in [2.24, 2.45) is 0 Å². The van der Waals surface area contributed by atoms with Gasteiger partial charge in [0.1, 0.15) is 28.9 Å². The molecule has 1 unspecified atom stereocenters. The van der Waals surface area contributed by atoms with Gasteiger partial charge in [-0.25, -0.2) is 4.52 Å². The molecular formula is C24H25N3O5. The second kappa shape index (κ2) is 9.15. The number of ether oxygens (including phenoxy) is 3. The van der Waals surface area contributed by atoms with Gasteiger partial charge in [0.25, 0.3) is 5.56 Å². The lowest BCUT2D eigenvalue weighted by atomic mass is 10.1. The van der Waals surface area contributed by atoms with Crippen molar-refractivity contribution in [3.8, 4) is 28.5 Å². The molecule has 2 heterocycles. The standard InChI is InChI=1S/C24H25N3O5/c1-4-32-17-7-5-16(6-8-17)20-14-21-24(29)26(11-12-27(21)25-20)15-22(28)19-13-18(30-2)9-10-23(19)31-3/h5-14,22,28H,4,15H2,1-3H3. The van der Waals surface area contributed by atoms with Gasteiger partial charge in [-0.2, -0.15) is 5.10 Å². The van der Waals surface area contributed by atoms with Gasteiger partial charge >= 0.3 is 0 Å². The van der Waals surface area contributed by atoms with Crippen molar-refractivity contribution in [1.29, 1.82) is 0 Å². The van der Waals surface area contributed by atoms with Gasteiger partial charge in [0.05, 0.1) is 33.1 Å². The van der Waals surface area contributed by atoms with Gasteiger partial charge in [0.15, 0.2) is 0 Å². The lowest BCUT2D eigenvalue weighted by Gasteiger charge is -2.17. The molecule has 0 bridgehead atoms. The van der Waals surface area contributed by atoms with Gasteiger partial charge in [0, 0.05) is 23.5 Å². The normalized spacial score (nSPS) is 12.0. The third-order valence-electron chi connectivity index (χ3n) is 5.23. The van der Waals surface area contributed by atoms with E-state index in [1.165, 1.54) is 11.7 Å². The molecule has 0 aliphatic carbocycles. The minimum absolute atomic E-state index is 0.0580. The number of aromatic nitrogens is 3. The zero-order valence-corrected chi connectivity index (χ0v) is 18.2. The molecule has 166 valence electrons. The largest absolute Gasteiger partial charge is 0.497 e. The predicted molar refractivity (Wildman–Crippen MR) is 121 cm³/mol. The predicted octanol–water partition coefficient (Wildman–Crippen LogP) is 3.31. The Morgan fingerprint density at radius 3 is 2.44 bits per heavy atom. The van der Waals surface area contributed by atoms with Crippen LogP contribution in [-0.2, 0) is 6.54 Å². The number of aliphatic hydroxyl groups excluding tert-OH is 1. The summed E-state index contributed by atoms with van der Waals surface area (Å²) in [7, 11) is 3.09. The molecule has 0 fully saturated rings. The smallest absolute Gasteiger partial charge is 0.276 e. The second-order valence-electron chi connectivity index (χ2n) is 7.20. The molecule has 2 aromatic carbocycles. The third-order valence-corrected chi connectivity index (χ3v) is 5.23. The van der Waals surface area contributed by atoms with Crippen molar-refractivity contribution in [2.75, 3.05) is 20.8 Å². The van der Waals surface area contributed by atoms with E-state index in [9.17, 15) is 9.90 Å². The van der Waals surface area contributed by atoms with Gasteiger partial charge in [-0.1, -0.05) is 0 Å². The molecule has 0 saturated carbocycles. The number of hydrogen-bond donors (Lipinski definition) is 1. The van der Waals surface area contributed by atoms with E-state index in [-0.39, 0.29) is 12.1 Å². The van der Waals surface area contributed by atoms with Crippen LogP contribution < -0.4 is 19.8 Å². The van der Waals surface area contributed by atoms with E-state index >= 15 is 0 Å². The Bertz CT molecular complexity index is 1280. The van der Waals surface area contributed by atoms with Crippen LogP contribution in [0.2, 0.25) is 0 Å². The van der Waals surface area contributed by atoms with E-state index in [2.05, 4.69) is 5.10 Å². The summed E-state index contributed by atoms with van der Waals surface area (Å²) in [5, 5.41) is 15.3. The van der Waals surface area contributed by atoms with Crippen LogP contribution in [0.1, 0.15) is 18.6 Å². The first kappa shape index (κ1) is 21.5. The summed E-state index contributed by atoms with van der Waals surface area (Å²) in [6.45, 7) is 2.59. The van der Waals surface area contributed by atoms with E-state index < -0.39 is 6.10 Å². The van der Waals surface area contributed by atoms with Crippen LogP contribution in [0, 0.1) is 0 Å². The van der Waals surface area contributed by atoms with Crippen LogP contribution in [-0.4, -0.2) is 40.1 Å². The highest BCUT2D eigenvalue weighted by Gasteiger charge is 2.17. The zero-order valence-electron chi connectivity index (χ0n) is 18.2. The SMILES string of the molecule is CCOc1ccc(-c2cc3c(=O)n(CC(O)c4cc(OC)ccc4OC)ccn3n2)cc1. The molecule has 0 spiro atoms. The maximum atomic E-state index is 13.1. The lowest BCUT2D eigenvalue weighted by Crippen LogP contribution is -2.24. The van der Waals surface area contributed by atoms with Crippen LogP contribution in [0.5, 0.6) is 17.2 Å². The summed E-state index contributed by atoms with van der Waals surface area (Å²) in [6, 6.07) is 14.5. The fourth-order valence-corrected chi connectivity index (χ4v) is 3.58. The highest BCUT2D eigenvalue weighted by atomic mass is 16.5. The molecular weight excluding hydrogens is 410 g/mol. The van der Waals surface area contributed by atoms with Crippen molar-refractivity contribution in [3.63, 3.8) is 0 Å². The summed E-state index contributed by atoms with van der Waals surface area (Å²) in [5.41, 5.74) is 2.27. The van der Waals surface area contributed by atoms with E-state index in [0.29, 0.717) is 34.9 Å². The summed E-state index contributed by atoms with van der Waals surface area (Å²) < 4.78 is 19.1. The zero-order chi connectivity index (χ0) is 22.7. The molecule has 0 aliphatic rings. The maximum absolute atomic E-state index is 13.1. The fourth-order valence-electron chi connectivity index (χ4n) is 3.58. The fraction of sp³-hybridized carbons (Fsp3) is 0.250. The summed E-state index contributed by atoms with van der Waals surface area (Å²) in [6.07, 6.45) is 2.35. The summed E-state index contributed by atoms with van der Waals surface area (Å²) in [4.78, 5) is 13.1. The van der Waals surface area contributed by atoms with E-state index in [1.807, 2.05) is 31.2 Å². The molecule has 32 heavy (non-hydrogen) atoms. The molecule has 0 amide bonds. The van der Waals surface area contributed by atoms with Gasteiger partial charge in [0.2, 0.25) is 0 Å². The first-order valence-corrected chi connectivity index (χ1v) is 10.3. The molecule has 4 rings (SSSR count). The van der Waals surface area contributed by atoms with Crippen LogP contribution in [0.15, 0.2) is 65.7 Å². The van der Waals surface area contributed by atoms with E-state index in [4.69, 9.17) is 14.2 Å². The van der Waals surface area contributed by atoms with Gasteiger partial charge in [-0.3, -0.25) is 4.79 Å². The highest BCUT2D eigenvalue weighted by Crippen LogP contribution is 2.30. The minimum atomic E-state index is -0.964. The monoisotopic (exact) mass is 435 g/mol. The Morgan fingerprint density at radius 1 is 1.00 bits per heavy atom. The Kier molecular flexibility index (Phi) is 6.13. The quantitative estimate of drug-likeness (QED) is 0.457.